The van der Waals surface area contributed by atoms with Gasteiger partial charge in [-0.1, -0.05) is 0 Å². The van der Waals surface area contributed by atoms with E-state index in [1.165, 1.54) is 0 Å². The minimum absolute atomic E-state index is 0. The maximum atomic E-state index is 10.8. The van der Waals surface area contributed by atoms with Crippen LogP contribution in [0.25, 0.3) is 0 Å². The fourth-order valence-electron chi connectivity index (χ4n) is 0.755. The molecule has 2 atom stereocenters. The van der Waals surface area contributed by atoms with E-state index in [9.17, 15) is 18.0 Å². The highest BCUT2D eigenvalue weighted by atomic mass is 32.2. The van der Waals surface area contributed by atoms with Gasteiger partial charge in [-0.2, -0.15) is 8.42 Å². The highest BCUT2D eigenvalue weighted by Crippen LogP contribution is 2.26. The van der Waals surface area contributed by atoms with Gasteiger partial charge in [-0.05, 0) is 13.8 Å². The van der Waals surface area contributed by atoms with E-state index in [4.69, 9.17) is 14.8 Å². The Morgan fingerprint density at radius 2 is 1.50 bits per heavy atom. The predicted molar refractivity (Wildman–Crippen MR) is 54.4 cm³/mol. The molecule has 9 N–H and O–H groups in total. The first kappa shape index (κ1) is 20.2. The number of carboxylic acids is 2. The SMILES string of the molecule is CC(C(=O)O)C(C)(C(=O)O)S(=O)(=O)O.N.N. The van der Waals surface area contributed by atoms with Gasteiger partial charge < -0.3 is 22.5 Å². The van der Waals surface area contributed by atoms with Crippen molar-refractivity contribution in [1.29, 1.82) is 0 Å². The second-order valence-electron chi connectivity index (χ2n) is 2.95. The van der Waals surface area contributed by atoms with Crippen molar-refractivity contribution < 1.29 is 32.8 Å². The third-order valence-electron chi connectivity index (χ3n) is 2.16. The predicted octanol–water partition coefficient (Wildman–Crippen LogP) is -0.238. The molecule has 9 nitrogen and oxygen atoms in total. The first-order valence-corrected chi connectivity index (χ1v) is 4.92. The molecule has 0 bridgehead atoms. The van der Waals surface area contributed by atoms with E-state index < -0.39 is 32.7 Å². The normalized spacial score (nSPS) is 15.9. The van der Waals surface area contributed by atoms with Gasteiger partial charge in [0.25, 0.3) is 10.1 Å². The summed E-state index contributed by atoms with van der Waals surface area (Å²) in [5.41, 5.74) is 0. The number of rotatable bonds is 4. The van der Waals surface area contributed by atoms with Crippen molar-refractivity contribution in [2.45, 2.75) is 18.6 Å². The van der Waals surface area contributed by atoms with Crippen molar-refractivity contribution in [3.8, 4) is 0 Å². The second-order valence-corrected chi connectivity index (χ2v) is 4.75. The van der Waals surface area contributed by atoms with Gasteiger partial charge in [-0.25, -0.2) is 0 Å². The molecule has 16 heavy (non-hydrogen) atoms. The molecule has 0 aliphatic heterocycles. The van der Waals surface area contributed by atoms with E-state index in [0.29, 0.717) is 6.92 Å². The topological polar surface area (TPSA) is 199 Å². The maximum Gasteiger partial charge on any atom is 0.328 e. The fourth-order valence-corrected chi connectivity index (χ4v) is 1.52. The summed E-state index contributed by atoms with van der Waals surface area (Å²) in [7, 11) is -4.99. The van der Waals surface area contributed by atoms with Crippen molar-refractivity contribution in [2.24, 2.45) is 5.92 Å². The molecule has 0 saturated carbocycles. The molecule has 0 aliphatic rings. The second kappa shape index (κ2) is 5.75. The minimum atomic E-state index is -4.99. The lowest BCUT2D eigenvalue weighted by Gasteiger charge is -2.24. The zero-order chi connectivity index (χ0) is 11.7. The Hall–Kier alpha value is -1.23. The van der Waals surface area contributed by atoms with Crippen molar-refractivity contribution in [2.75, 3.05) is 0 Å². The van der Waals surface area contributed by atoms with Crippen molar-refractivity contribution in [3.05, 3.63) is 0 Å². The summed E-state index contributed by atoms with van der Waals surface area (Å²) in [5, 5.41) is 17.1. The van der Waals surface area contributed by atoms with Gasteiger partial charge in [0.1, 0.15) is 0 Å². The van der Waals surface area contributed by atoms with Gasteiger partial charge in [0.05, 0.1) is 5.92 Å². The van der Waals surface area contributed by atoms with E-state index in [0.717, 1.165) is 6.92 Å². The van der Waals surface area contributed by atoms with E-state index in [1.807, 2.05) is 0 Å². The van der Waals surface area contributed by atoms with Gasteiger partial charge in [-0.15, -0.1) is 0 Å². The summed E-state index contributed by atoms with van der Waals surface area (Å²) in [6.45, 7) is 1.54. The average molecular weight is 260 g/mol. The Labute approximate surface area is 92.4 Å². The van der Waals surface area contributed by atoms with Crippen molar-refractivity contribution in [1.82, 2.24) is 12.3 Å². The van der Waals surface area contributed by atoms with Gasteiger partial charge >= 0.3 is 11.9 Å². The highest BCUT2D eigenvalue weighted by molar-refractivity contribution is 7.88. The number of aliphatic carboxylic acids is 2. The quantitative estimate of drug-likeness (QED) is 0.423. The number of carboxylic acid groups (broad SMARTS) is 2. The summed E-state index contributed by atoms with van der Waals surface area (Å²) in [4.78, 5) is 21.1. The van der Waals surface area contributed by atoms with Crippen molar-refractivity contribution >= 4 is 22.1 Å². The Morgan fingerprint density at radius 1 is 1.19 bits per heavy atom. The van der Waals surface area contributed by atoms with Crippen LogP contribution < -0.4 is 12.3 Å². The lowest BCUT2D eigenvalue weighted by molar-refractivity contribution is -0.150. The van der Waals surface area contributed by atoms with Crippen LogP contribution in [0.5, 0.6) is 0 Å². The number of hydrogen-bond acceptors (Lipinski definition) is 6. The molecule has 98 valence electrons. The van der Waals surface area contributed by atoms with Crippen molar-refractivity contribution in [3.63, 3.8) is 0 Å². The van der Waals surface area contributed by atoms with E-state index in [-0.39, 0.29) is 12.3 Å². The molecule has 0 spiro atoms. The van der Waals surface area contributed by atoms with Gasteiger partial charge in [0.2, 0.25) is 4.75 Å². The van der Waals surface area contributed by atoms with Crippen LogP contribution in [0.1, 0.15) is 13.8 Å². The van der Waals surface area contributed by atoms with Crippen LogP contribution in [-0.2, 0) is 19.7 Å². The first-order chi connectivity index (χ1) is 6.05. The van der Waals surface area contributed by atoms with Crippen LogP contribution in [0, 0.1) is 5.92 Å². The summed E-state index contributed by atoms with van der Waals surface area (Å²) in [6.07, 6.45) is 0. The van der Waals surface area contributed by atoms with Gasteiger partial charge in [0, 0.05) is 0 Å². The Bertz CT molecular complexity index is 365. The Morgan fingerprint density at radius 3 is 1.56 bits per heavy atom. The van der Waals surface area contributed by atoms with E-state index >= 15 is 0 Å². The Balaban J connectivity index is -0.000000845. The van der Waals surface area contributed by atoms with E-state index in [1.54, 1.807) is 0 Å². The molecule has 0 heterocycles. The zero-order valence-electron chi connectivity index (χ0n) is 8.87. The van der Waals surface area contributed by atoms with Crippen LogP contribution in [0.4, 0.5) is 0 Å². The molecule has 10 heteroatoms. The van der Waals surface area contributed by atoms with Crippen LogP contribution in [0.15, 0.2) is 0 Å². The monoisotopic (exact) mass is 260 g/mol. The molecule has 0 radical (unpaired) electrons. The fraction of sp³-hybridized carbons (Fsp3) is 0.667. The highest BCUT2D eigenvalue weighted by Gasteiger charge is 2.53. The molecule has 0 amide bonds. The first-order valence-electron chi connectivity index (χ1n) is 3.48. The lowest BCUT2D eigenvalue weighted by atomic mass is 9.95. The molecule has 0 fully saturated rings. The summed E-state index contributed by atoms with van der Waals surface area (Å²) in [5.74, 6) is -5.28. The van der Waals surface area contributed by atoms with Gasteiger partial charge in [0.15, 0.2) is 0 Å². The van der Waals surface area contributed by atoms with Crippen LogP contribution in [-0.4, -0.2) is 39.9 Å². The van der Waals surface area contributed by atoms with Crippen LogP contribution >= 0.6 is 0 Å². The zero-order valence-corrected chi connectivity index (χ0v) is 9.69. The third-order valence-corrected chi connectivity index (χ3v) is 3.76. The molecular formula is C6H16N2O7S. The van der Waals surface area contributed by atoms with Crippen LogP contribution in [0.3, 0.4) is 0 Å². The molecular weight excluding hydrogens is 244 g/mol. The third kappa shape index (κ3) is 3.13. The number of carbonyl (C=O) groups is 2. The largest absolute Gasteiger partial charge is 0.481 e. The standard InChI is InChI=1S/C6H10O7S.2H3N/c1-3(4(7)8)6(2,5(9)10)14(11,12)13;;/h3H,1-2H3,(H,7,8)(H,9,10)(H,11,12,13);2*1H3. The minimum Gasteiger partial charge on any atom is -0.481 e. The summed E-state index contributed by atoms with van der Waals surface area (Å²) < 4.78 is 27.4. The molecule has 0 aliphatic carbocycles. The lowest BCUT2D eigenvalue weighted by Crippen LogP contribution is -2.51. The van der Waals surface area contributed by atoms with Crippen LogP contribution in [0.2, 0.25) is 0 Å². The molecule has 2 unspecified atom stereocenters. The van der Waals surface area contributed by atoms with Gasteiger partial charge in [-0.3, -0.25) is 14.1 Å². The van der Waals surface area contributed by atoms with E-state index in [2.05, 4.69) is 0 Å². The molecule has 0 aromatic heterocycles. The maximum absolute atomic E-state index is 10.8. The molecule has 0 rings (SSSR count). The average Bonchev–Trinajstić information content (AvgIpc) is 1.98. The number of hydrogen-bond donors (Lipinski definition) is 5. The summed E-state index contributed by atoms with van der Waals surface area (Å²) in [6, 6.07) is 0. The molecule has 0 aromatic rings. The smallest absolute Gasteiger partial charge is 0.328 e. The molecule has 0 aromatic carbocycles. The Kier molecular flexibility index (Phi) is 7.26. The molecule has 0 saturated heterocycles. The summed E-state index contributed by atoms with van der Waals surface area (Å²) >= 11 is 0.